The molecule has 2 aromatic rings. The van der Waals surface area contributed by atoms with E-state index in [2.05, 4.69) is 61.2 Å². The fourth-order valence-corrected chi connectivity index (χ4v) is 4.36. The van der Waals surface area contributed by atoms with Gasteiger partial charge in [0.1, 0.15) is 0 Å². The lowest BCUT2D eigenvalue weighted by atomic mass is 9.90. The van der Waals surface area contributed by atoms with E-state index in [9.17, 15) is 0 Å². The van der Waals surface area contributed by atoms with Crippen LogP contribution in [-0.2, 0) is 6.42 Å². The molecule has 3 rings (SSSR count). The Kier molecular flexibility index (Phi) is 3.55. The van der Waals surface area contributed by atoms with E-state index >= 15 is 0 Å². The maximum Gasteiger partial charge on any atom is 0.0286 e. The van der Waals surface area contributed by atoms with E-state index in [4.69, 9.17) is 5.73 Å². The molecule has 1 aliphatic heterocycles. The average Bonchev–Trinajstić information content (AvgIpc) is 2.87. The maximum absolute atomic E-state index is 6.52. The molecular weight excluding hydrogens is 250 g/mol. The maximum atomic E-state index is 6.52. The SMILES string of the molecule is CC1(C(N)Cc2cccc3ccccc23)CCCS1. The van der Waals surface area contributed by atoms with Gasteiger partial charge in [0.05, 0.1) is 0 Å². The highest BCUT2D eigenvalue weighted by Crippen LogP contribution is 2.40. The van der Waals surface area contributed by atoms with Crippen molar-refractivity contribution in [3.63, 3.8) is 0 Å². The summed E-state index contributed by atoms with van der Waals surface area (Å²) >= 11 is 2.05. The lowest BCUT2D eigenvalue weighted by Crippen LogP contribution is -2.42. The minimum absolute atomic E-state index is 0.241. The summed E-state index contributed by atoms with van der Waals surface area (Å²) in [5, 5.41) is 2.67. The van der Waals surface area contributed by atoms with Crippen molar-refractivity contribution < 1.29 is 0 Å². The molecule has 1 saturated heterocycles. The zero-order chi connectivity index (χ0) is 13.3. The van der Waals surface area contributed by atoms with Gasteiger partial charge in [-0.1, -0.05) is 42.5 Å². The lowest BCUT2D eigenvalue weighted by Gasteiger charge is -2.30. The first-order valence-electron chi connectivity index (χ1n) is 7.05. The molecular formula is C17H21NS. The summed E-state index contributed by atoms with van der Waals surface area (Å²) in [5.41, 5.74) is 7.90. The first kappa shape index (κ1) is 13.0. The van der Waals surface area contributed by atoms with E-state index in [-0.39, 0.29) is 10.8 Å². The monoisotopic (exact) mass is 271 g/mol. The molecule has 2 unspecified atom stereocenters. The molecule has 2 N–H and O–H groups in total. The molecule has 2 atom stereocenters. The molecule has 1 aliphatic rings. The van der Waals surface area contributed by atoms with Crippen molar-refractivity contribution in [3.8, 4) is 0 Å². The number of thioether (sulfide) groups is 1. The number of nitrogens with two attached hydrogens (primary N) is 1. The third kappa shape index (κ3) is 2.52. The molecule has 0 radical (unpaired) electrons. The molecule has 1 heterocycles. The topological polar surface area (TPSA) is 26.0 Å². The molecule has 0 saturated carbocycles. The van der Waals surface area contributed by atoms with E-state index in [1.807, 2.05) is 0 Å². The molecule has 19 heavy (non-hydrogen) atoms. The Balaban J connectivity index is 1.89. The normalized spacial score (nSPS) is 24.7. The second-order valence-electron chi connectivity index (χ2n) is 5.71. The van der Waals surface area contributed by atoms with Crippen LogP contribution in [0.25, 0.3) is 10.8 Å². The van der Waals surface area contributed by atoms with Crippen molar-refractivity contribution >= 4 is 22.5 Å². The van der Waals surface area contributed by atoms with Crippen LogP contribution in [0.1, 0.15) is 25.3 Å². The number of rotatable bonds is 3. The van der Waals surface area contributed by atoms with Gasteiger partial charge in [-0.2, -0.15) is 11.8 Å². The third-order valence-corrected chi connectivity index (χ3v) is 6.01. The number of hydrogen-bond acceptors (Lipinski definition) is 2. The Bertz CT molecular complexity index is 567. The Labute approximate surface area is 119 Å². The van der Waals surface area contributed by atoms with Crippen molar-refractivity contribution in [1.29, 1.82) is 0 Å². The van der Waals surface area contributed by atoms with Crippen LogP contribution >= 0.6 is 11.8 Å². The molecule has 0 amide bonds. The van der Waals surface area contributed by atoms with Crippen LogP contribution in [-0.4, -0.2) is 16.5 Å². The van der Waals surface area contributed by atoms with Crippen molar-refractivity contribution in [1.82, 2.24) is 0 Å². The minimum Gasteiger partial charge on any atom is -0.326 e. The second-order valence-corrected chi connectivity index (χ2v) is 7.34. The Morgan fingerprint density at radius 3 is 2.79 bits per heavy atom. The summed E-state index contributed by atoms with van der Waals surface area (Å²) in [4.78, 5) is 0. The summed E-state index contributed by atoms with van der Waals surface area (Å²) in [5.74, 6) is 1.26. The lowest BCUT2D eigenvalue weighted by molar-refractivity contribution is 0.483. The average molecular weight is 271 g/mol. The molecule has 0 spiro atoms. The van der Waals surface area contributed by atoms with Crippen LogP contribution in [0.4, 0.5) is 0 Å². The van der Waals surface area contributed by atoms with Crippen LogP contribution in [0.5, 0.6) is 0 Å². The Morgan fingerprint density at radius 2 is 2.00 bits per heavy atom. The molecule has 0 aliphatic carbocycles. The van der Waals surface area contributed by atoms with Crippen molar-refractivity contribution in [3.05, 3.63) is 48.0 Å². The summed E-state index contributed by atoms with van der Waals surface area (Å²) in [6.07, 6.45) is 3.54. The summed E-state index contributed by atoms with van der Waals surface area (Å²) in [7, 11) is 0. The molecule has 2 heteroatoms. The quantitative estimate of drug-likeness (QED) is 0.913. The fraction of sp³-hybridized carbons (Fsp3) is 0.412. The summed E-state index contributed by atoms with van der Waals surface area (Å²) in [6.45, 7) is 2.33. The zero-order valence-electron chi connectivity index (χ0n) is 11.4. The summed E-state index contributed by atoms with van der Waals surface area (Å²) < 4.78 is 0.261. The molecule has 1 nitrogen and oxygen atoms in total. The first-order valence-corrected chi connectivity index (χ1v) is 8.04. The van der Waals surface area contributed by atoms with Crippen LogP contribution in [0.2, 0.25) is 0 Å². The van der Waals surface area contributed by atoms with Gasteiger partial charge in [0.25, 0.3) is 0 Å². The zero-order valence-corrected chi connectivity index (χ0v) is 12.2. The van der Waals surface area contributed by atoms with Gasteiger partial charge in [0.2, 0.25) is 0 Å². The largest absolute Gasteiger partial charge is 0.326 e. The Hall–Kier alpha value is -0.990. The summed E-state index contributed by atoms with van der Waals surface area (Å²) in [6, 6.07) is 15.4. The third-order valence-electron chi connectivity index (χ3n) is 4.35. The van der Waals surface area contributed by atoms with E-state index in [0.29, 0.717) is 0 Å². The van der Waals surface area contributed by atoms with Crippen LogP contribution in [0, 0.1) is 0 Å². The molecule has 1 fully saturated rings. The van der Waals surface area contributed by atoms with E-state index in [1.165, 1.54) is 34.9 Å². The smallest absolute Gasteiger partial charge is 0.0286 e. The number of fused-ring (bicyclic) bond motifs is 1. The van der Waals surface area contributed by atoms with Gasteiger partial charge in [-0.3, -0.25) is 0 Å². The van der Waals surface area contributed by atoms with Crippen molar-refractivity contribution in [2.45, 2.75) is 37.0 Å². The van der Waals surface area contributed by atoms with E-state index in [0.717, 1.165) is 6.42 Å². The number of hydrogen-bond donors (Lipinski definition) is 1. The first-order chi connectivity index (χ1) is 9.19. The highest BCUT2D eigenvalue weighted by Gasteiger charge is 2.35. The minimum atomic E-state index is 0.241. The van der Waals surface area contributed by atoms with E-state index in [1.54, 1.807) is 0 Å². The van der Waals surface area contributed by atoms with Gasteiger partial charge in [-0.05, 0) is 48.3 Å². The van der Waals surface area contributed by atoms with Crippen molar-refractivity contribution in [2.75, 3.05) is 5.75 Å². The van der Waals surface area contributed by atoms with Gasteiger partial charge in [-0.15, -0.1) is 0 Å². The van der Waals surface area contributed by atoms with Crippen LogP contribution in [0.15, 0.2) is 42.5 Å². The number of benzene rings is 2. The molecule has 100 valence electrons. The van der Waals surface area contributed by atoms with Gasteiger partial charge in [0, 0.05) is 10.8 Å². The van der Waals surface area contributed by atoms with Crippen LogP contribution in [0.3, 0.4) is 0 Å². The predicted octanol–water partition coefficient (Wildman–Crippen LogP) is 4.00. The highest BCUT2D eigenvalue weighted by molar-refractivity contribution is 8.00. The standard InChI is InChI=1S/C17H21NS/c1-17(10-5-11-19-17)16(18)12-14-8-4-7-13-6-2-3-9-15(13)14/h2-4,6-9,16H,5,10-12,18H2,1H3. The molecule has 0 bridgehead atoms. The van der Waals surface area contributed by atoms with Gasteiger partial charge in [0.15, 0.2) is 0 Å². The van der Waals surface area contributed by atoms with Gasteiger partial charge >= 0.3 is 0 Å². The van der Waals surface area contributed by atoms with Crippen molar-refractivity contribution in [2.24, 2.45) is 5.73 Å². The van der Waals surface area contributed by atoms with Gasteiger partial charge < -0.3 is 5.73 Å². The second kappa shape index (κ2) is 5.18. The highest BCUT2D eigenvalue weighted by atomic mass is 32.2. The molecule has 0 aromatic heterocycles. The molecule has 2 aromatic carbocycles. The van der Waals surface area contributed by atoms with Crippen LogP contribution < -0.4 is 5.73 Å². The fourth-order valence-electron chi connectivity index (χ4n) is 3.02. The van der Waals surface area contributed by atoms with Gasteiger partial charge in [-0.25, -0.2) is 0 Å². The Morgan fingerprint density at radius 1 is 1.21 bits per heavy atom. The predicted molar refractivity (Wildman–Crippen MR) is 85.7 cm³/mol. The van der Waals surface area contributed by atoms with E-state index < -0.39 is 0 Å².